The van der Waals surface area contributed by atoms with Crippen molar-refractivity contribution in [2.75, 3.05) is 0 Å². The van der Waals surface area contributed by atoms with Gasteiger partial charge in [-0.1, -0.05) is 16.8 Å². The Morgan fingerprint density at radius 1 is 1.10 bits per heavy atom. The van der Waals surface area contributed by atoms with Crippen molar-refractivity contribution in [3.63, 3.8) is 0 Å². The average Bonchev–Trinajstić information content (AvgIpc) is 3.09. The number of alkyl halides is 1. The van der Waals surface area contributed by atoms with Crippen molar-refractivity contribution in [2.24, 2.45) is 0 Å². The SMILES string of the molecule is ClCc1cn(Cc2nnc(-c3ccc(Cl)cc3)o2)nn1. The van der Waals surface area contributed by atoms with Crippen molar-refractivity contribution in [2.45, 2.75) is 12.4 Å². The molecular formula is C12H9Cl2N5O. The van der Waals surface area contributed by atoms with Crippen molar-refractivity contribution < 1.29 is 4.42 Å². The van der Waals surface area contributed by atoms with Gasteiger partial charge in [-0.05, 0) is 24.3 Å². The number of hydrogen-bond acceptors (Lipinski definition) is 5. The molecule has 102 valence electrons. The minimum absolute atomic E-state index is 0.319. The molecule has 0 atom stereocenters. The summed E-state index contributed by atoms with van der Waals surface area (Å²) in [5.74, 6) is 1.20. The summed E-state index contributed by atoms with van der Waals surface area (Å²) in [6, 6.07) is 7.18. The normalized spacial score (nSPS) is 10.9. The third-order valence-electron chi connectivity index (χ3n) is 2.58. The van der Waals surface area contributed by atoms with Crippen LogP contribution in [0.2, 0.25) is 5.02 Å². The van der Waals surface area contributed by atoms with E-state index in [1.165, 1.54) is 0 Å². The molecule has 0 saturated heterocycles. The van der Waals surface area contributed by atoms with Gasteiger partial charge in [0.2, 0.25) is 11.8 Å². The van der Waals surface area contributed by atoms with Gasteiger partial charge in [0.25, 0.3) is 0 Å². The van der Waals surface area contributed by atoms with Gasteiger partial charge in [0.05, 0.1) is 17.8 Å². The summed E-state index contributed by atoms with van der Waals surface area (Å²) in [6.07, 6.45) is 1.74. The van der Waals surface area contributed by atoms with Gasteiger partial charge in [-0.25, -0.2) is 4.68 Å². The minimum Gasteiger partial charge on any atom is -0.419 e. The van der Waals surface area contributed by atoms with Crippen LogP contribution in [-0.4, -0.2) is 25.2 Å². The van der Waals surface area contributed by atoms with Crippen LogP contribution in [0, 0.1) is 0 Å². The van der Waals surface area contributed by atoms with E-state index in [2.05, 4.69) is 20.5 Å². The van der Waals surface area contributed by atoms with Crippen LogP contribution in [-0.2, 0) is 12.4 Å². The van der Waals surface area contributed by atoms with Gasteiger partial charge in [0.15, 0.2) is 0 Å². The van der Waals surface area contributed by atoms with Gasteiger partial charge in [-0.2, -0.15) is 0 Å². The highest BCUT2D eigenvalue weighted by molar-refractivity contribution is 6.30. The largest absolute Gasteiger partial charge is 0.419 e. The first-order valence-corrected chi connectivity index (χ1v) is 6.69. The zero-order chi connectivity index (χ0) is 13.9. The maximum Gasteiger partial charge on any atom is 0.247 e. The molecule has 0 bridgehead atoms. The Balaban J connectivity index is 1.78. The number of aromatic nitrogens is 5. The fraction of sp³-hybridized carbons (Fsp3) is 0.167. The van der Waals surface area contributed by atoms with Crippen LogP contribution in [0.15, 0.2) is 34.9 Å². The average molecular weight is 310 g/mol. The number of hydrogen-bond donors (Lipinski definition) is 0. The van der Waals surface area contributed by atoms with Crippen LogP contribution in [0.5, 0.6) is 0 Å². The maximum atomic E-state index is 5.83. The Bertz CT molecular complexity index is 707. The molecule has 0 radical (unpaired) electrons. The first-order chi connectivity index (χ1) is 9.74. The maximum absolute atomic E-state index is 5.83. The summed E-state index contributed by atoms with van der Waals surface area (Å²) in [5.41, 5.74) is 1.51. The molecule has 0 aliphatic rings. The van der Waals surface area contributed by atoms with Gasteiger partial charge in [0.1, 0.15) is 6.54 Å². The monoisotopic (exact) mass is 309 g/mol. The lowest BCUT2D eigenvalue weighted by molar-refractivity contribution is 0.469. The highest BCUT2D eigenvalue weighted by Gasteiger charge is 2.10. The zero-order valence-corrected chi connectivity index (χ0v) is 11.7. The predicted octanol–water partition coefficient (Wildman–Crippen LogP) is 2.77. The summed E-state index contributed by atoms with van der Waals surface area (Å²) in [4.78, 5) is 0. The minimum atomic E-state index is 0.319. The Hall–Kier alpha value is -1.92. The highest BCUT2D eigenvalue weighted by Crippen LogP contribution is 2.20. The van der Waals surface area contributed by atoms with Crippen LogP contribution in [0.3, 0.4) is 0 Å². The molecule has 0 amide bonds. The van der Waals surface area contributed by atoms with E-state index in [9.17, 15) is 0 Å². The predicted molar refractivity (Wildman–Crippen MR) is 73.4 cm³/mol. The molecule has 0 spiro atoms. The zero-order valence-electron chi connectivity index (χ0n) is 10.2. The summed E-state index contributed by atoms with van der Waals surface area (Å²) >= 11 is 11.5. The molecule has 20 heavy (non-hydrogen) atoms. The van der Waals surface area contributed by atoms with Crippen LogP contribution < -0.4 is 0 Å². The first-order valence-electron chi connectivity index (χ1n) is 5.78. The van der Waals surface area contributed by atoms with E-state index >= 15 is 0 Å². The summed E-state index contributed by atoms with van der Waals surface area (Å²) in [6.45, 7) is 0.352. The number of nitrogens with zero attached hydrogens (tertiary/aromatic N) is 5. The van der Waals surface area contributed by atoms with E-state index in [1.807, 2.05) is 12.1 Å². The molecule has 0 unspecified atom stereocenters. The van der Waals surface area contributed by atoms with Crippen molar-refractivity contribution in [1.82, 2.24) is 25.2 Å². The lowest BCUT2D eigenvalue weighted by Crippen LogP contribution is -2.00. The third-order valence-corrected chi connectivity index (χ3v) is 3.10. The summed E-state index contributed by atoms with van der Waals surface area (Å²) in [7, 11) is 0. The quantitative estimate of drug-likeness (QED) is 0.693. The van der Waals surface area contributed by atoms with E-state index in [1.54, 1.807) is 23.0 Å². The lowest BCUT2D eigenvalue weighted by Gasteiger charge is -1.95. The number of rotatable bonds is 4. The standard InChI is InChI=1S/C12H9Cl2N5O/c13-5-10-6-19(18-15-10)7-11-16-17-12(20-11)8-1-3-9(14)4-2-8/h1-4,6H,5,7H2. The molecule has 1 aromatic carbocycles. The van der Waals surface area contributed by atoms with Crippen LogP contribution >= 0.6 is 23.2 Å². The fourth-order valence-corrected chi connectivity index (χ4v) is 1.89. The second-order valence-electron chi connectivity index (χ2n) is 4.05. The third kappa shape index (κ3) is 2.81. The highest BCUT2D eigenvalue weighted by atomic mass is 35.5. The lowest BCUT2D eigenvalue weighted by atomic mass is 10.2. The fourth-order valence-electron chi connectivity index (χ4n) is 1.64. The molecule has 3 aromatic rings. The Labute approximate surface area is 124 Å². The van der Waals surface area contributed by atoms with E-state index < -0.39 is 0 Å². The van der Waals surface area contributed by atoms with Gasteiger partial charge < -0.3 is 4.42 Å². The molecular weight excluding hydrogens is 301 g/mol. The van der Waals surface area contributed by atoms with Crippen LogP contribution in [0.4, 0.5) is 0 Å². The molecule has 0 N–H and O–H groups in total. The Kier molecular flexibility index (Phi) is 3.66. The molecule has 0 saturated carbocycles. The topological polar surface area (TPSA) is 69.6 Å². The molecule has 2 aromatic heterocycles. The van der Waals surface area contributed by atoms with E-state index in [4.69, 9.17) is 27.6 Å². The van der Waals surface area contributed by atoms with Crippen molar-refractivity contribution >= 4 is 23.2 Å². The second kappa shape index (κ2) is 5.60. The molecule has 3 rings (SSSR count). The molecule has 0 aliphatic heterocycles. The van der Waals surface area contributed by atoms with E-state index in [-0.39, 0.29) is 0 Å². The van der Waals surface area contributed by atoms with Crippen molar-refractivity contribution in [3.8, 4) is 11.5 Å². The number of benzene rings is 1. The Morgan fingerprint density at radius 2 is 1.90 bits per heavy atom. The van der Waals surface area contributed by atoms with Crippen LogP contribution in [0.1, 0.15) is 11.6 Å². The van der Waals surface area contributed by atoms with Gasteiger partial charge in [0, 0.05) is 10.6 Å². The smallest absolute Gasteiger partial charge is 0.247 e. The molecule has 8 heteroatoms. The van der Waals surface area contributed by atoms with Crippen molar-refractivity contribution in [3.05, 3.63) is 47.1 Å². The van der Waals surface area contributed by atoms with Crippen molar-refractivity contribution in [1.29, 1.82) is 0 Å². The van der Waals surface area contributed by atoms with Gasteiger partial charge in [-0.3, -0.25) is 0 Å². The first kappa shape index (κ1) is 13.1. The molecule has 0 fully saturated rings. The summed E-state index contributed by atoms with van der Waals surface area (Å²) in [5, 5.41) is 16.4. The molecule has 0 aliphatic carbocycles. The van der Waals surface area contributed by atoms with Gasteiger partial charge in [-0.15, -0.1) is 26.9 Å². The van der Waals surface area contributed by atoms with Crippen LogP contribution in [0.25, 0.3) is 11.5 Å². The van der Waals surface area contributed by atoms with Gasteiger partial charge >= 0.3 is 0 Å². The molecule has 2 heterocycles. The number of halogens is 2. The summed E-state index contributed by atoms with van der Waals surface area (Å²) < 4.78 is 7.16. The molecule has 6 nitrogen and oxygen atoms in total. The Morgan fingerprint density at radius 3 is 2.60 bits per heavy atom. The second-order valence-corrected chi connectivity index (χ2v) is 4.75. The van der Waals surface area contributed by atoms with E-state index in [0.29, 0.717) is 34.9 Å². The van der Waals surface area contributed by atoms with E-state index in [0.717, 1.165) is 5.56 Å².